The Kier molecular flexibility index (Phi) is 3.39. The first-order valence-corrected chi connectivity index (χ1v) is 3.54. The van der Waals surface area contributed by atoms with E-state index in [4.69, 9.17) is 5.11 Å². The maximum atomic E-state index is 13.1. The van der Waals surface area contributed by atoms with Crippen LogP contribution in [0.3, 0.4) is 0 Å². The van der Waals surface area contributed by atoms with Crippen molar-refractivity contribution in [3.63, 3.8) is 0 Å². The third-order valence-electron chi connectivity index (χ3n) is 2.11. The molecule has 2 unspecified atom stereocenters. The number of halogens is 1. The van der Waals surface area contributed by atoms with Gasteiger partial charge in [-0.1, -0.05) is 6.08 Å². The Morgan fingerprint density at radius 3 is 2.25 bits per heavy atom. The van der Waals surface area contributed by atoms with Crippen LogP contribution >= 0.6 is 0 Å². The van der Waals surface area contributed by atoms with Crippen molar-refractivity contribution in [3.8, 4) is 0 Å². The molecule has 0 radical (unpaired) electrons. The van der Waals surface area contributed by atoms with E-state index in [0.717, 1.165) is 6.08 Å². The Labute approximate surface area is 71.5 Å². The maximum absolute atomic E-state index is 13.1. The lowest BCUT2D eigenvalue weighted by molar-refractivity contribution is -0.151. The van der Waals surface area contributed by atoms with Crippen LogP contribution in [-0.2, 0) is 4.79 Å². The predicted octanol–water partition coefficient (Wildman–Crippen LogP) is 0.915. The van der Waals surface area contributed by atoms with Gasteiger partial charge in [0.15, 0.2) is 5.54 Å². The van der Waals surface area contributed by atoms with Crippen LogP contribution in [0.4, 0.5) is 4.39 Å². The van der Waals surface area contributed by atoms with Gasteiger partial charge in [0.1, 0.15) is 6.17 Å². The van der Waals surface area contributed by atoms with Crippen molar-refractivity contribution in [1.82, 2.24) is 4.90 Å². The minimum absolute atomic E-state index is 0.994. The molecule has 0 rings (SSSR count). The second-order valence-corrected chi connectivity index (χ2v) is 2.98. The monoisotopic (exact) mass is 175 g/mol. The summed E-state index contributed by atoms with van der Waals surface area (Å²) in [7, 11) is 3.04. The van der Waals surface area contributed by atoms with Gasteiger partial charge < -0.3 is 5.11 Å². The van der Waals surface area contributed by atoms with E-state index in [1.54, 1.807) is 0 Å². The minimum Gasteiger partial charge on any atom is -0.480 e. The molecular weight excluding hydrogens is 161 g/mol. The first-order chi connectivity index (χ1) is 5.37. The Morgan fingerprint density at radius 2 is 2.17 bits per heavy atom. The predicted molar refractivity (Wildman–Crippen MR) is 44.8 cm³/mol. The summed E-state index contributed by atoms with van der Waals surface area (Å²) < 4.78 is 13.1. The number of aliphatic carboxylic acids is 1. The normalized spacial score (nSPS) is 18.4. The molecule has 0 aliphatic rings. The SMILES string of the molecule is C=CC(F)C(C)(C(=O)O)N(C)C. The molecule has 0 bridgehead atoms. The zero-order valence-electron chi connectivity index (χ0n) is 7.54. The van der Waals surface area contributed by atoms with E-state index in [-0.39, 0.29) is 0 Å². The molecule has 0 aliphatic heterocycles. The maximum Gasteiger partial charge on any atom is 0.327 e. The number of nitrogens with zero attached hydrogens (tertiary/aromatic N) is 1. The summed E-state index contributed by atoms with van der Waals surface area (Å²) in [4.78, 5) is 12.1. The summed E-state index contributed by atoms with van der Waals surface area (Å²) in [6.45, 7) is 4.55. The summed E-state index contributed by atoms with van der Waals surface area (Å²) in [5, 5.41) is 8.78. The number of carbonyl (C=O) groups is 1. The number of rotatable bonds is 4. The summed E-state index contributed by atoms with van der Waals surface area (Å²) in [6, 6.07) is 0. The summed E-state index contributed by atoms with van der Waals surface area (Å²) in [6.07, 6.45) is -0.585. The van der Waals surface area contributed by atoms with Gasteiger partial charge in [-0.2, -0.15) is 0 Å². The smallest absolute Gasteiger partial charge is 0.327 e. The highest BCUT2D eigenvalue weighted by Gasteiger charge is 2.42. The fourth-order valence-corrected chi connectivity index (χ4v) is 0.785. The second-order valence-electron chi connectivity index (χ2n) is 2.98. The minimum atomic E-state index is -1.58. The van der Waals surface area contributed by atoms with Gasteiger partial charge in [-0.3, -0.25) is 9.69 Å². The lowest BCUT2D eigenvalue weighted by atomic mass is 9.95. The molecule has 1 N–H and O–H groups in total. The van der Waals surface area contributed by atoms with E-state index in [1.165, 1.54) is 25.9 Å². The van der Waals surface area contributed by atoms with Gasteiger partial charge >= 0.3 is 5.97 Å². The lowest BCUT2D eigenvalue weighted by Gasteiger charge is -2.33. The molecule has 12 heavy (non-hydrogen) atoms. The third kappa shape index (κ3) is 1.64. The molecule has 0 aliphatic carbocycles. The van der Waals surface area contributed by atoms with Crippen LogP contribution in [0.5, 0.6) is 0 Å². The van der Waals surface area contributed by atoms with Gasteiger partial charge in [-0.15, -0.1) is 6.58 Å². The molecule has 0 saturated heterocycles. The molecule has 4 heteroatoms. The summed E-state index contributed by atoms with van der Waals surface area (Å²) >= 11 is 0. The van der Waals surface area contributed by atoms with Gasteiger partial charge in [0.05, 0.1) is 0 Å². The fourth-order valence-electron chi connectivity index (χ4n) is 0.785. The third-order valence-corrected chi connectivity index (χ3v) is 2.11. The quantitative estimate of drug-likeness (QED) is 0.646. The lowest BCUT2D eigenvalue weighted by Crippen LogP contribution is -2.54. The Bertz CT molecular complexity index is 193. The van der Waals surface area contributed by atoms with Crippen molar-refractivity contribution in [3.05, 3.63) is 12.7 Å². The molecule has 0 aromatic rings. The van der Waals surface area contributed by atoms with E-state index in [2.05, 4.69) is 6.58 Å². The highest BCUT2D eigenvalue weighted by Crippen LogP contribution is 2.20. The van der Waals surface area contributed by atoms with Gasteiger partial charge in [0.2, 0.25) is 0 Å². The summed E-state index contributed by atoms with van der Waals surface area (Å²) in [5.74, 6) is -1.19. The first kappa shape index (κ1) is 11.1. The fraction of sp³-hybridized carbons (Fsp3) is 0.625. The second kappa shape index (κ2) is 3.67. The molecule has 0 saturated carbocycles. The van der Waals surface area contributed by atoms with E-state index in [9.17, 15) is 9.18 Å². The molecule has 0 heterocycles. The van der Waals surface area contributed by atoms with Crippen LogP contribution in [0.1, 0.15) is 6.92 Å². The molecule has 0 aromatic heterocycles. The van der Waals surface area contributed by atoms with E-state index < -0.39 is 17.7 Å². The van der Waals surface area contributed by atoms with Crippen LogP contribution in [0.25, 0.3) is 0 Å². The number of hydrogen-bond acceptors (Lipinski definition) is 2. The van der Waals surface area contributed by atoms with E-state index in [0.29, 0.717) is 0 Å². The zero-order valence-corrected chi connectivity index (χ0v) is 7.54. The van der Waals surface area contributed by atoms with Crippen LogP contribution in [0.15, 0.2) is 12.7 Å². The number of hydrogen-bond donors (Lipinski definition) is 1. The molecule has 70 valence electrons. The van der Waals surface area contributed by atoms with Crippen LogP contribution in [-0.4, -0.2) is 41.8 Å². The number of carboxylic acids is 1. The molecular formula is C8H14FNO2. The number of likely N-dealkylation sites (N-methyl/N-ethyl adjacent to an activating group) is 1. The topological polar surface area (TPSA) is 40.5 Å². The van der Waals surface area contributed by atoms with Crippen molar-refractivity contribution in [2.75, 3.05) is 14.1 Å². The summed E-state index contributed by atoms with van der Waals surface area (Å²) in [5.41, 5.74) is -1.53. The van der Waals surface area contributed by atoms with E-state index in [1.807, 2.05) is 0 Å². The Balaban J connectivity index is 4.86. The Morgan fingerprint density at radius 1 is 1.75 bits per heavy atom. The molecule has 0 fully saturated rings. The molecule has 2 atom stereocenters. The van der Waals surface area contributed by atoms with Crippen molar-refractivity contribution in [2.24, 2.45) is 0 Å². The molecule has 0 aromatic carbocycles. The van der Waals surface area contributed by atoms with Crippen molar-refractivity contribution in [1.29, 1.82) is 0 Å². The van der Waals surface area contributed by atoms with Gasteiger partial charge in [-0.05, 0) is 21.0 Å². The number of alkyl halides is 1. The van der Waals surface area contributed by atoms with Crippen LogP contribution in [0, 0.1) is 0 Å². The van der Waals surface area contributed by atoms with Gasteiger partial charge in [-0.25, -0.2) is 4.39 Å². The average Bonchev–Trinajstić information content (AvgIpc) is 2.00. The van der Waals surface area contributed by atoms with Crippen molar-refractivity contribution in [2.45, 2.75) is 18.6 Å². The average molecular weight is 175 g/mol. The van der Waals surface area contributed by atoms with E-state index >= 15 is 0 Å². The van der Waals surface area contributed by atoms with Crippen LogP contribution < -0.4 is 0 Å². The van der Waals surface area contributed by atoms with Gasteiger partial charge in [0.25, 0.3) is 0 Å². The highest BCUT2D eigenvalue weighted by molar-refractivity contribution is 5.79. The number of carboxylic acid groups (broad SMARTS) is 1. The van der Waals surface area contributed by atoms with Crippen molar-refractivity contribution < 1.29 is 14.3 Å². The molecule has 3 nitrogen and oxygen atoms in total. The molecule has 0 amide bonds. The highest BCUT2D eigenvalue weighted by atomic mass is 19.1. The Hall–Kier alpha value is -0.900. The molecule has 0 spiro atoms. The zero-order chi connectivity index (χ0) is 9.94. The first-order valence-electron chi connectivity index (χ1n) is 3.54. The standard InChI is InChI=1S/C8H14FNO2/c1-5-6(9)8(2,7(11)12)10(3)4/h5-6H,1H2,2-4H3,(H,11,12). The van der Waals surface area contributed by atoms with Crippen molar-refractivity contribution >= 4 is 5.97 Å². The van der Waals surface area contributed by atoms with Gasteiger partial charge in [0, 0.05) is 0 Å². The van der Waals surface area contributed by atoms with Crippen LogP contribution in [0.2, 0.25) is 0 Å². The largest absolute Gasteiger partial charge is 0.480 e.